The van der Waals surface area contributed by atoms with E-state index in [4.69, 9.17) is 8.83 Å². The van der Waals surface area contributed by atoms with Crippen molar-refractivity contribution in [1.29, 1.82) is 0 Å². The lowest BCUT2D eigenvalue weighted by atomic mass is 9.83. The summed E-state index contributed by atoms with van der Waals surface area (Å²) in [6, 6.07) is 79.0. The fourth-order valence-electron chi connectivity index (χ4n) is 10.1. The summed E-state index contributed by atoms with van der Waals surface area (Å²) in [6.45, 7) is 0. The van der Waals surface area contributed by atoms with Gasteiger partial charge in [-0.3, -0.25) is 0 Å². The maximum absolute atomic E-state index is 6.28. The van der Waals surface area contributed by atoms with Crippen molar-refractivity contribution in [1.82, 2.24) is 0 Å². The summed E-state index contributed by atoms with van der Waals surface area (Å²) in [6.07, 6.45) is 0. The highest BCUT2D eigenvalue weighted by Crippen LogP contribution is 2.47. The summed E-state index contributed by atoms with van der Waals surface area (Å²) >= 11 is 0. The molecule has 13 rings (SSSR count). The van der Waals surface area contributed by atoms with Gasteiger partial charge >= 0.3 is 0 Å². The van der Waals surface area contributed by atoms with Gasteiger partial charge in [-0.25, -0.2) is 0 Å². The van der Waals surface area contributed by atoms with Gasteiger partial charge in [-0.15, -0.1) is 0 Å². The van der Waals surface area contributed by atoms with Crippen molar-refractivity contribution in [2.24, 2.45) is 0 Å². The summed E-state index contributed by atoms with van der Waals surface area (Å²) in [7, 11) is 0. The average molecular weight is 789 g/mol. The third kappa shape index (κ3) is 5.30. The lowest BCUT2D eigenvalue weighted by Gasteiger charge is -2.20. The van der Waals surface area contributed by atoms with Crippen molar-refractivity contribution >= 4 is 76.2 Å². The van der Waals surface area contributed by atoms with Gasteiger partial charge in [0.25, 0.3) is 0 Å². The molecule has 0 bridgehead atoms. The fourth-order valence-corrected chi connectivity index (χ4v) is 10.1. The second-order valence-electron chi connectivity index (χ2n) is 16.3. The predicted molar refractivity (Wildman–Crippen MR) is 261 cm³/mol. The molecule has 0 N–H and O–H groups in total. The van der Waals surface area contributed by atoms with Crippen LogP contribution in [0.4, 0.5) is 0 Å². The van der Waals surface area contributed by atoms with E-state index in [1.807, 2.05) is 24.3 Å². The summed E-state index contributed by atoms with van der Waals surface area (Å²) in [5.74, 6) is 0. The van der Waals surface area contributed by atoms with Crippen molar-refractivity contribution in [3.8, 4) is 55.6 Å². The summed E-state index contributed by atoms with van der Waals surface area (Å²) in [5.41, 5.74) is 15.5. The van der Waals surface area contributed by atoms with Crippen LogP contribution in [0.3, 0.4) is 0 Å². The number of para-hydroxylation sites is 2. The molecule has 0 unspecified atom stereocenters. The number of benzene rings is 11. The molecule has 0 saturated carbocycles. The molecule has 0 aliphatic rings. The summed E-state index contributed by atoms with van der Waals surface area (Å²) in [4.78, 5) is 0. The maximum atomic E-state index is 6.28. The lowest BCUT2D eigenvalue weighted by Crippen LogP contribution is -1.93. The van der Waals surface area contributed by atoms with E-state index >= 15 is 0 Å². The molecule has 0 fully saturated rings. The van der Waals surface area contributed by atoms with Gasteiger partial charge in [0.15, 0.2) is 0 Å². The Hall–Kier alpha value is -8.20. The largest absolute Gasteiger partial charge is 0.456 e. The Morgan fingerprint density at radius 2 is 0.581 bits per heavy atom. The number of furan rings is 2. The minimum Gasteiger partial charge on any atom is -0.456 e. The molecule has 0 amide bonds. The molecule has 0 aliphatic carbocycles. The van der Waals surface area contributed by atoms with Crippen molar-refractivity contribution in [2.45, 2.75) is 0 Å². The molecule has 13 aromatic rings. The second kappa shape index (κ2) is 13.7. The minimum absolute atomic E-state index is 0.889. The molecule has 0 saturated heterocycles. The lowest BCUT2D eigenvalue weighted by molar-refractivity contribution is 0.668. The van der Waals surface area contributed by atoms with E-state index in [0.717, 1.165) is 71.7 Å². The fraction of sp³-hybridized carbons (Fsp3) is 0. The molecule has 2 heteroatoms. The molecule has 11 aromatic carbocycles. The zero-order valence-electron chi connectivity index (χ0n) is 33.6. The van der Waals surface area contributed by atoms with Gasteiger partial charge in [-0.1, -0.05) is 182 Å². The van der Waals surface area contributed by atoms with Crippen LogP contribution >= 0.6 is 0 Å². The number of fused-ring (bicyclic) bond motifs is 9. The first-order chi connectivity index (χ1) is 30.7. The third-order valence-corrected chi connectivity index (χ3v) is 12.9. The van der Waals surface area contributed by atoms with Gasteiger partial charge in [0.05, 0.1) is 0 Å². The van der Waals surface area contributed by atoms with Crippen molar-refractivity contribution in [3.63, 3.8) is 0 Å². The molecule has 62 heavy (non-hydrogen) atoms. The average Bonchev–Trinajstić information content (AvgIpc) is 3.91. The molecule has 0 aliphatic heterocycles. The number of hydrogen-bond acceptors (Lipinski definition) is 2. The molecular formula is C60H36O2. The van der Waals surface area contributed by atoms with Crippen molar-refractivity contribution < 1.29 is 8.83 Å². The molecular weight excluding hydrogens is 753 g/mol. The quantitative estimate of drug-likeness (QED) is 0.162. The normalized spacial score (nSPS) is 11.9. The highest BCUT2D eigenvalue weighted by molar-refractivity contribution is 6.23. The van der Waals surface area contributed by atoms with E-state index in [1.54, 1.807) is 0 Å². The van der Waals surface area contributed by atoms with Crippen LogP contribution in [-0.2, 0) is 0 Å². The van der Waals surface area contributed by atoms with Crippen LogP contribution < -0.4 is 0 Å². The first-order valence-electron chi connectivity index (χ1n) is 21.2. The summed E-state index contributed by atoms with van der Waals surface area (Å²) in [5, 5.41) is 11.9. The van der Waals surface area contributed by atoms with Gasteiger partial charge in [0, 0.05) is 21.5 Å². The summed E-state index contributed by atoms with van der Waals surface area (Å²) < 4.78 is 12.6. The predicted octanol–water partition coefficient (Wildman–Crippen LogP) is 17.3. The number of rotatable bonds is 5. The third-order valence-electron chi connectivity index (χ3n) is 12.9. The zero-order valence-corrected chi connectivity index (χ0v) is 33.6. The highest BCUT2D eigenvalue weighted by Gasteiger charge is 2.20. The second-order valence-corrected chi connectivity index (χ2v) is 16.3. The van der Waals surface area contributed by atoms with Crippen LogP contribution in [0.1, 0.15) is 0 Å². The smallest absolute Gasteiger partial charge is 0.135 e. The van der Waals surface area contributed by atoms with E-state index in [2.05, 4.69) is 194 Å². The van der Waals surface area contributed by atoms with Crippen LogP contribution in [0.5, 0.6) is 0 Å². The zero-order chi connectivity index (χ0) is 40.7. The van der Waals surface area contributed by atoms with E-state index in [1.165, 1.54) is 60.1 Å². The van der Waals surface area contributed by atoms with E-state index in [0.29, 0.717) is 0 Å². The molecule has 2 heterocycles. The molecule has 2 nitrogen and oxygen atoms in total. The Kier molecular flexibility index (Phi) is 7.64. The van der Waals surface area contributed by atoms with E-state index < -0.39 is 0 Å². The van der Waals surface area contributed by atoms with Gasteiger partial charge in [0.2, 0.25) is 0 Å². The highest BCUT2D eigenvalue weighted by atomic mass is 16.3. The van der Waals surface area contributed by atoms with E-state index in [-0.39, 0.29) is 0 Å². The van der Waals surface area contributed by atoms with Gasteiger partial charge in [-0.2, -0.15) is 0 Å². The van der Waals surface area contributed by atoms with Crippen molar-refractivity contribution in [2.75, 3.05) is 0 Å². The first kappa shape index (κ1) is 34.6. The molecule has 0 radical (unpaired) electrons. The van der Waals surface area contributed by atoms with Crippen LogP contribution in [0.2, 0.25) is 0 Å². The van der Waals surface area contributed by atoms with E-state index in [9.17, 15) is 0 Å². The Balaban J connectivity index is 1.03. The van der Waals surface area contributed by atoms with Crippen LogP contribution in [0.25, 0.3) is 132 Å². The Bertz CT molecular complexity index is 3720. The van der Waals surface area contributed by atoms with Gasteiger partial charge in [-0.05, 0) is 124 Å². The molecule has 288 valence electrons. The van der Waals surface area contributed by atoms with Gasteiger partial charge in [0.1, 0.15) is 22.3 Å². The minimum atomic E-state index is 0.889. The standard InChI is InChI=1S/C60H36O2/c1-2-15-42-37(13-1)14-11-24-47(42)60-50-20-5-3-18-48(50)59(49-19-4-6-21-51(49)60)39-29-27-38(28-30-39)58-43(40-31-33-56-52(35-40)45-16-7-9-25-54(45)61-56)22-12-23-44(58)41-32-34-57-53(36-41)46-17-8-10-26-55(46)62-57/h1-36H. The number of hydrogen-bond donors (Lipinski definition) is 0. The molecule has 0 spiro atoms. The topological polar surface area (TPSA) is 26.3 Å². The van der Waals surface area contributed by atoms with Crippen molar-refractivity contribution in [3.05, 3.63) is 218 Å². The Morgan fingerprint density at radius 3 is 1.13 bits per heavy atom. The Labute approximate surface area is 357 Å². The monoisotopic (exact) mass is 788 g/mol. The first-order valence-corrected chi connectivity index (χ1v) is 21.2. The molecule has 2 aromatic heterocycles. The molecule has 0 atom stereocenters. The van der Waals surface area contributed by atoms with Crippen LogP contribution in [-0.4, -0.2) is 0 Å². The maximum Gasteiger partial charge on any atom is 0.135 e. The van der Waals surface area contributed by atoms with Crippen LogP contribution in [0.15, 0.2) is 227 Å². The SMILES string of the molecule is c1cc(-c2ccc3oc4ccccc4c3c2)c(-c2ccc(-c3c4ccccc4c(-c4cccc5ccccc45)c4ccccc34)cc2)c(-c2ccc3oc4ccccc4c3c2)c1. The van der Waals surface area contributed by atoms with Crippen LogP contribution in [0, 0.1) is 0 Å². The Morgan fingerprint density at radius 1 is 0.210 bits per heavy atom. The van der Waals surface area contributed by atoms with Gasteiger partial charge < -0.3 is 8.83 Å².